The first-order valence-corrected chi connectivity index (χ1v) is 8.73. The van der Waals surface area contributed by atoms with Crippen LogP contribution in [0.15, 0.2) is 35.7 Å². The second-order valence-corrected chi connectivity index (χ2v) is 6.52. The second kappa shape index (κ2) is 7.19. The van der Waals surface area contributed by atoms with E-state index in [4.69, 9.17) is 4.74 Å². The molecule has 1 aromatic heterocycles. The Labute approximate surface area is 140 Å². The summed E-state index contributed by atoms with van der Waals surface area (Å²) in [4.78, 5) is 18.5. The number of ether oxygens (including phenoxy) is 1. The van der Waals surface area contributed by atoms with Gasteiger partial charge >= 0.3 is 0 Å². The van der Waals surface area contributed by atoms with Gasteiger partial charge in [0.2, 0.25) is 5.91 Å². The molecule has 0 bridgehead atoms. The maximum absolute atomic E-state index is 12.3. The van der Waals surface area contributed by atoms with Crippen molar-refractivity contribution in [3.8, 4) is 5.69 Å². The van der Waals surface area contributed by atoms with Gasteiger partial charge in [0.15, 0.2) is 5.16 Å². The van der Waals surface area contributed by atoms with Crippen molar-refractivity contribution in [3.63, 3.8) is 0 Å². The highest BCUT2D eigenvalue weighted by Crippen LogP contribution is 2.24. The molecule has 6 heteroatoms. The number of benzene rings is 1. The number of morpholine rings is 1. The molecule has 1 saturated heterocycles. The van der Waals surface area contributed by atoms with Crippen LogP contribution in [0.2, 0.25) is 0 Å². The van der Waals surface area contributed by atoms with Gasteiger partial charge in [-0.05, 0) is 31.0 Å². The summed E-state index contributed by atoms with van der Waals surface area (Å²) in [5, 5.41) is 0.848. The quantitative estimate of drug-likeness (QED) is 0.808. The number of nitrogens with zero attached hydrogens (tertiary/aromatic N) is 3. The van der Waals surface area contributed by atoms with Crippen molar-refractivity contribution in [2.75, 3.05) is 32.1 Å². The van der Waals surface area contributed by atoms with Gasteiger partial charge in [0, 0.05) is 25.5 Å². The molecule has 0 radical (unpaired) electrons. The van der Waals surface area contributed by atoms with Crippen LogP contribution in [0.5, 0.6) is 0 Å². The van der Waals surface area contributed by atoms with Gasteiger partial charge in [0.25, 0.3) is 0 Å². The Morgan fingerprint density at radius 1 is 1.30 bits per heavy atom. The average Bonchev–Trinajstić information content (AvgIpc) is 3.04. The van der Waals surface area contributed by atoms with Crippen molar-refractivity contribution in [1.29, 1.82) is 0 Å². The van der Waals surface area contributed by atoms with Crippen LogP contribution < -0.4 is 0 Å². The molecular formula is C17H21N3O2S. The number of carbonyl (C=O) groups excluding carboxylic acids is 1. The molecular weight excluding hydrogens is 310 g/mol. The van der Waals surface area contributed by atoms with E-state index in [0.717, 1.165) is 10.8 Å². The Morgan fingerprint density at radius 2 is 2.09 bits per heavy atom. The zero-order valence-corrected chi connectivity index (χ0v) is 14.3. The van der Waals surface area contributed by atoms with Crippen molar-refractivity contribution in [2.24, 2.45) is 0 Å². The number of aryl methyl sites for hydroxylation is 1. The first kappa shape index (κ1) is 16.1. The van der Waals surface area contributed by atoms with Gasteiger partial charge in [-0.3, -0.25) is 9.36 Å². The molecule has 1 aliphatic heterocycles. The minimum Gasteiger partial charge on any atom is -0.378 e. The first-order chi connectivity index (χ1) is 11.2. The lowest BCUT2D eigenvalue weighted by Crippen LogP contribution is -2.41. The predicted molar refractivity (Wildman–Crippen MR) is 91.2 cm³/mol. The number of aromatic nitrogens is 2. The number of thioether (sulfide) groups is 1. The van der Waals surface area contributed by atoms with Gasteiger partial charge in [0.1, 0.15) is 0 Å². The zero-order valence-electron chi connectivity index (χ0n) is 13.5. The van der Waals surface area contributed by atoms with Gasteiger partial charge in [-0.2, -0.15) is 0 Å². The van der Waals surface area contributed by atoms with Gasteiger partial charge < -0.3 is 9.64 Å². The maximum atomic E-state index is 12.3. The van der Waals surface area contributed by atoms with Crippen molar-refractivity contribution in [3.05, 3.63) is 41.7 Å². The average molecular weight is 331 g/mol. The van der Waals surface area contributed by atoms with Gasteiger partial charge in [0.05, 0.1) is 24.7 Å². The molecule has 0 saturated carbocycles. The largest absolute Gasteiger partial charge is 0.378 e. The molecule has 1 amide bonds. The van der Waals surface area contributed by atoms with Gasteiger partial charge in [-0.15, -0.1) is 0 Å². The molecule has 122 valence electrons. The summed E-state index contributed by atoms with van der Waals surface area (Å²) in [5.74, 6) is 0.552. The highest BCUT2D eigenvalue weighted by Gasteiger charge is 2.18. The van der Waals surface area contributed by atoms with Crippen molar-refractivity contribution in [1.82, 2.24) is 14.5 Å². The van der Waals surface area contributed by atoms with E-state index >= 15 is 0 Å². The molecule has 1 aliphatic rings. The summed E-state index contributed by atoms with van der Waals surface area (Å²) in [6.07, 6.45) is 3.73. The normalized spacial score (nSPS) is 15.0. The molecule has 5 nitrogen and oxygen atoms in total. The minimum atomic E-state index is 0.147. The van der Waals surface area contributed by atoms with Crippen LogP contribution in [-0.4, -0.2) is 52.4 Å². The summed E-state index contributed by atoms with van der Waals surface area (Å²) < 4.78 is 7.34. The van der Waals surface area contributed by atoms with Crippen LogP contribution in [0.25, 0.3) is 5.69 Å². The molecule has 0 unspecified atom stereocenters. The van der Waals surface area contributed by atoms with E-state index in [1.807, 2.05) is 17.2 Å². The van der Waals surface area contributed by atoms with E-state index in [1.54, 1.807) is 6.20 Å². The summed E-state index contributed by atoms with van der Waals surface area (Å²) >= 11 is 1.48. The molecule has 3 rings (SSSR count). The number of amides is 1. The molecule has 0 spiro atoms. The lowest BCUT2D eigenvalue weighted by molar-refractivity contribution is -0.132. The second-order valence-electron chi connectivity index (χ2n) is 5.58. The highest BCUT2D eigenvalue weighted by molar-refractivity contribution is 7.99. The van der Waals surface area contributed by atoms with Crippen molar-refractivity contribution in [2.45, 2.75) is 19.0 Å². The molecule has 2 heterocycles. The van der Waals surface area contributed by atoms with Crippen molar-refractivity contribution < 1.29 is 9.53 Å². The fourth-order valence-corrected chi connectivity index (χ4v) is 3.48. The number of rotatable bonds is 4. The third kappa shape index (κ3) is 3.59. The lowest BCUT2D eigenvalue weighted by atomic mass is 10.1. The van der Waals surface area contributed by atoms with E-state index in [2.05, 4.69) is 35.5 Å². The summed E-state index contributed by atoms with van der Waals surface area (Å²) in [7, 11) is 0. The Morgan fingerprint density at radius 3 is 2.87 bits per heavy atom. The highest BCUT2D eigenvalue weighted by atomic mass is 32.2. The van der Waals surface area contributed by atoms with E-state index in [1.165, 1.54) is 22.9 Å². The summed E-state index contributed by atoms with van der Waals surface area (Å²) in [6, 6.07) is 6.23. The van der Waals surface area contributed by atoms with Crippen LogP contribution in [0.1, 0.15) is 11.1 Å². The van der Waals surface area contributed by atoms with E-state index < -0.39 is 0 Å². The smallest absolute Gasteiger partial charge is 0.233 e. The topological polar surface area (TPSA) is 47.4 Å². The third-order valence-electron chi connectivity index (χ3n) is 4.13. The summed E-state index contributed by atoms with van der Waals surface area (Å²) in [6.45, 7) is 6.85. The van der Waals surface area contributed by atoms with E-state index in [-0.39, 0.29) is 5.91 Å². The van der Waals surface area contributed by atoms with Crippen LogP contribution in [0.3, 0.4) is 0 Å². The van der Waals surface area contributed by atoms with Crippen molar-refractivity contribution >= 4 is 17.7 Å². The first-order valence-electron chi connectivity index (χ1n) is 7.75. The summed E-state index contributed by atoms with van der Waals surface area (Å²) in [5.41, 5.74) is 3.59. The predicted octanol–water partition coefficient (Wildman–Crippen LogP) is 2.44. The molecule has 1 aromatic carbocycles. The zero-order chi connectivity index (χ0) is 16.2. The number of hydrogen-bond acceptors (Lipinski definition) is 4. The van der Waals surface area contributed by atoms with Crippen LogP contribution >= 0.6 is 11.8 Å². The third-order valence-corrected chi connectivity index (χ3v) is 5.08. The number of carbonyl (C=O) groups is 1. The van der Waals surface area contributed by atoms with Crippen LogP contribution in [-0.2, 0) is 9.53 Å². The minimum absolute atomic E-state index is 0.147. The Kier molecular flexibility index (Phi) is 5.03. The molecule has 23 heavy (non-hydrogen) atoms. The molecule has 2 aromatic rings. The Hall–Kier alpha value is -1.79. The SMILES string of the molecule is Cc1cccc(-n2ccnc2SCC(=O)N2CCOCC2)c1C. The fraction of sp³-hybridized carbons (Fsp3) is 0.412. The number of hydrogen-bond donors (Lipinski definition) is 0. The van der Waals surface area contributed by atoms with E-state index in [9.17, 15) is 4.79 Å². The monoisotopic (exact) mass is 331 g/mol. The van der Waals surface area contributed by atoms with Crippen LogP contribution in [0, 0.1) is 13.8 Å². The molecule has 0 aliphatic carbocycles. The standard InChI is InChI=1S/C17H21N3O2S/c1-13-4-3-5-15(14(13)2)20-7-6-18-17(20)23-12-16(21)19-8-10-22-11-9-19/h3-7H,8-12H2,1-2H3. The molecule has 0 N–H and O–H groups in total. The lowest BCUT2D eigenvalue weighted by Gasteiger charge is -2.26. The van der Waals surface area contributed by atoms with Gasteiger partial charge in [-0.1, -0.05) is 23.9 Å². The Bertz CT molecular complexity index is 693. The molecule has 0 atom stereocenters. The maximum Gasteiger partial charge on any atom is 0.233 e. The van der Waals surface area contributed by atoms with Crippen LogP contribution in [0.4, 0.5) is 0 Å². The fourth-order valence-electron chi connectivity index (χ4n) is 2.61. The molecule has 1 fully saturated rings. The van der Waals surface area contributed by atoms with E-state index in [0.29, 0.717) is 32.1 Å². The Balaban J connectivity index is 1.71. The van der Waals surface area contributed by atoms with Gasteiger partial charge in [-0.25, -0.2) is 4.98 Å². The number of imidazole rings is 1.